The van der Waals surface area contributed by atoms with Crippen molar-refractivity contribution in [2.45, 2.75) is 77.9 Å². The maximum atomic E-state index is 6.20. The number of hydrogen-bond acceptors (Lipinski definition) is 2. The second-order valence-corrected chi connectivity index (χ2v) is 8.72. The molecule has 0 aliphatic carbocycles. The Kier molecular flexibility index (Phi) is 6.13. The summed E-state index contributed by atoms with van der Waals surface area (Å²) in [5, 5.41) is 0. The van der Waals surface area contributed by atoms with E-state index in [0.29, 0.717) is 0 Å². The molecule has 0 N–H and O–H groups in total. The van der Waals surface area contributed by atoms with E-state index in [-0.39, 0.29) is 18.3 Å². The number of rotatable bonds is 7. The molecular weight excluding hydrogens is 331 g/mol. The van der Waals surface area contributed by atoms with Crippen molar-refractivity contribution in [3.63, 3.8) is 0 Å². The lowest BCUT2D eigenvalue weighted by Gasteiger charge is -2.32. The van der Waals surface area contributed by atoms with Crippen molar-refractivity contribution in [3.05, 3.63) is 54.1 Å². The van der Waals surface area contributed by atoms with Crippen LogP contribution < -0.4 is 5.46 Å². The molecule has 0 radical (unpaired) electrons. The molecule has 0 bridgehead atoms. The predicted molar refractivity (Wildman–Crippen MR) is 115 cm³/mol. The molecule has 3 rings (SSSR count). The molecule has 144 valence electrons. The third-order valence-corrected chi connectivity index (χ3v) is 6.02. The van der Waals surface area contributed by atoms with E-state index in [1.54, 1.807) is 0 Å². The Balaban J connectivity index is 1.71. The summed E-state index contributed by atoms with van der Waals surface area (Å²) in [6.45, 7) is 10.6. The van der Waals surface area contributed by atoms with Crippen molar-refractivity contribution in [2.75, 3.05) is 0 Å². The van der Waals surface area contributed by atoms with Gasteiger partial charge in [-0.05, 0) is 62.7 Å². The Hall–Kier alpha value is -1.58. The molecule has 3 heteroatoms. The minimum atomic E-state index is -0.312. The van der Waals surface area contributed by atoms with Crippen LogP contribution in [0.3, 0.4) is 0 Å². The molecule has 1 aliphatic rings. The second kappa shape index (κ2) is 8.20. The lowest BCUT2D eigenvalue weighted by molar-refractivity contribution is 0.00578. The maximum Gasteiger partial charge on any atom is 0.494 e. The van der Waals surface area contributed by atoms with Crippen LogP contribution in [-0.4, -0.2) is 18.3 Å². The molecular formula is C24H33BO2. The van der Waals surface area contributed by atoms with Gasteiger partial charge in [-0.1, -0.05) is 74.7 Å². The number of benzene rings is 2. The SMILES string of the molecule is CCCCCCc1ccc(-c2cccc(B3OC(C)(C)C(C)(C)O3)c2)cc1. The van der Waals surface area contributed by atoms with Gasteiger partial charge in [0, 0.05) is 0 Å². The summed E-state index contributed by atoms with van der Waals surface area (Å²) in [5.41, 5.74) is 4.33. The van der Waals surface area contributed by atoms with E-state index in [1.165, 1.54) is 48.8 Å². The number of unbranched alkanes of at least 4 members (excludes halogenated alkanes) is 3. The molecule has 0 saturated carbocycles. The van der Waals surface area contributed by atoms with Crippen LogP contribution in [0.25, 0.3) is 11.1 Å². The minimum Gasteiger partial charge on any atom is -0.399 e. The fourth-order valence-electron chi connectivity index (χ4n) is 3.46. The molecule has 0 atom stereocenters. The lowest BCUT2D eigenvalue weighted by Crippen LogP contribution is -2.41. The zero-order chi connectivity index (χ0) is 19.5. The minimum absolute atomic E-state index is 0.312. The standard InChI is InChI=1S/C24H33BO2/c1-6-7-8-9-11-19-14-16-20(17-15-19)21-12-10-13-22(18-21)25-26-23(2,3)24(4,5)27-25/h10,12-18H,6-9,11H2,1-5H3. The smallest absolute Gasteiger partial charge is 0.399 e. The van der Waals surface area contributed by atoms with Crippen LogP contribution in [0, 0.1) is 0 Å². The van der Waals surface area contributed by atoms with Crippen LogP contribution in [0.5, 0.6) is 0 Å². The fourth-order valence-corrected chi connectivity index (χ4v) is 3.46. The first-order valence-electron chi connectivity index (χ1n) is 10.4. The molecule has 27 heavy (non-hydrogen) atoms. The zero-order valence-corrected chi connectivity index (χ0v) is 17.5. The first kappa shape index (κ1) is 20.2. The molecule has 1 aliphatic heterocycles. The first-order valence-corrected chi connectivity index (χ1v) is 10.4. The molecule has 0 amide bonds. The molecule has 0 aromatic heterocycles. The Morgan fingerprint density at radius 2 is 1.44 bits per heavy atom. The van der Waals surface area contributed by atoms with E-state index in [2.05, 4.69) is 83.1 Å². The van der Waals surface area contributed by atoms with E-state index < -0.39 is 0 Å². The fraction of sp³-hybridized carbons (Fsp3) is 0.500. The van der Waals surface area contributed by atoms with Gasteiger partial charge in [0.05, 0.1) is 11.2 Å². The van der Waals surface area contributed by atoms with Crippen molar-refractivity contribution in [3.8, 4) is 11.1 Å². The third-order valence-electron chi connectivity index (χ3n) is 6.02. The van der Waals surface area contributed by atoms with E-state index in [9.17, 15) is 0 Å². The summed E-state index contributed by atoms with van der Waals surface area (Å²) in [6.07, 6.45) is 6.41. The Morgan fingerprint density at radius 1 is 0.778 bits per heavy atom. The van der Waals surface area contributed by atoms with Gasteiger partial charge in [-0.2, -0.15) is 0 Å². The molecule has 2 aromatic rings. The summed E-state index contributed by atoms with van der Waals surface area (Å²) in [4.78, 5) is 0. The van der Waals surface area contributed by atoms with Crippen LogP contribution in [0.2, 0.25) is 0 Å². The Morgan fingerprint density at radius 3 is 2.07 bits per heavy atom. The lowest BCUT2D eigenvalue weighted by atomic mass is 9.78. The van der Waals surface area contributed by atoms with Gasteiger partial charge >= 0.3 is 7.12 Å². The summed E-state index contributed by atoms with van der Waals surface area (Å²) in [7, 11) is -0.312. The normalized spacial score (nSPS) is 18.0. The molecule has 1 saturated heterocycles. The van der Waals surface area contributed by atoms with Crippen molar-refractivity contribution < 1.29 is 9.31 Å². The highest BCUT2D eigenvalue weighted by Gasteiger charge is 2.51. The molecule has 0 spiro atoms. The van der Waals surface area contributed by atoms with Crippen LogP contribution in [0.15, 0.2) is 48.5 Å². The highest BCUT2D eigenvalue weighted by atomic mass is 16.7. The van der Waals surface area contributed by atoms with Crippen molar-refractivity contribution in [2.24, 2.45) is 0 Å². The number of hydrogen-bond donors (Lipinski definition) is 0. The highest BCUT2D eigenvalue weighted by molar-refractivity contribution is 6.62. The van der Waals surface area contributed by atoms with Gasteiger partial charge in [0.2, 0.25) is 0 Å². The molecule has 2 aromatic carbocycles. The molecule has 2 nitrogen and oxygen atoms in total. The van der Waals surface area contributed by atoms with Gasteiger partial charge in [0.25, 0.3) is 0 Å². The van der Waals surface area contributed by atoms with Gasteiger partial charge in [-0.25, -0.2) is 0 Å². The van der Waals surface area contributed by atoms with Gasteiger partial charge in [-0.3, -0.25) is 0 Å². The van der Waals surface area contributed by atoms with Gasteiger partial charge in [0.15, 0.2) is 0 Å². The van der Waals surface area contributed by atoms with Gasteiger partial charge in [-0.15, -0.1) is 0 Å². The Bertz CT molecular complexity index is 733. The van der Waals surface area contributed by atoms with Crippen molar-refractivity contribution >= 4 is 12.6 Å². The van der Waals surface area contributed by atoms with E-state index in [4.69, 9.17) is 9.31 Å². The number of aryl methyl sites for hydroxylation is 1. The van der Waals surface area contributed by atoms with Crippen LogP contribution >= 0.6 is 0 Å². The quantitative estimate of drug-likeness (QED) is 0.458. The zero-order valence-electron chi connectivity index (χ0n) is 17.5. The van der Waals surface area contributed by atoms with Crippen LogP contribution in [0.1, 0.15) is 65.9 Å². The first-order chi connectivity index (χ1) is 12.8. The van der Waals surface area contributed by atoms with Gasteiger partial charge in [0.1, 0.15) is 0 Å². The average Bonchev–Trinajstić information content (AvgIpc) is 2.87. The predicted octanol–water partition coefficient (Wildman–Crippen LogP) is 5.78. The van der Waals surface area contributed by atoms with Crippen LogP contribution in [-0.2, 0) is 15.7 Å². The molecule has 1 fully saturated rings. The summed E-state index contributed by atoms with van der Waals surface area (Å²) >= 11 is 0. The Labute approximate surface area is 165 Å². The highest BCUT2D eigenvalue weighted by Crippen LogP contribution is 2.36. The van der Waals surface area contributed by atoms with E-state index >= 15 is 0 Å². The monoisotopic (exact) mass is 364 g/mol. The summed E-state index contributed by atoms with van der Waals surface area (Å²) in [6, 6.07) is 17.5. The molecule has 1 heterocycles. The summed E-state index contributed by atoms with van der Waals surface area (Å²) in [5.74, 6) is 0. The largest absolute Gasteiger partial charge is 0.494 e. The van der Waals surface area contributed by atoms with E-state index in [0.717, 1.165) is 5.46 Å². The third kappa shape index (κ3) is 4.64. The van der Waals surface area contributed by atoms with E-state index in [1.807, 2.05) is 0 Å². The van der Waals surface area contributed by atoms with Crippen molar-refractivity contribution in [1.29, 1.82) is 0 Å². The van der Waals surface area contributed by atoms with Gasteiger partial charge < -0.3 is 9.31 Å². The maximum absolute atomic E-state index is 6.20. The van der Waals surface area contributed by atoms with Crippen LogP contribution in [0.4, 0.5) is 0 Å². The topological polar surface area (TPSA) is 18.5 Å². The van der Waals surface area contributed by atoms with Crippen molar-refractivity contribution in [1.82, 2.24) is 0 Å². The second-order valence-electron chi connectivity index (χ2n) is 8.72. The summed E-state index contributed by atoms with van der Waals surface area (Å²) < 4.78 is 12.4. The molecule has 0 unspecified atom stereocenters. The average molecular weight is 364 g/mol.